The Morgan fingerprint density at radius 3 is 2.85 bits per heavy atom. The number of β-amino-alcohol motifs (C(OH)–C–C–N with tert-alkyl or cyclic N) is 1. The molecule has 8 heteroatoms. The lowest BCUT2D eigenvalue weighted by Gasteiger charge is -2.33. The average Bonchev–Trinajstić information content (AvgIpc) is 2.85. The summed E-state index contributed by atoms with van der Waals surface area (Å²) in [5.41, 5.74) is 1.96. The summed E-state index contributed by atoms with van der Waals surface area (Å²) in [5, 5.41) is 33.2. The van der Waals surface area contributed by atoms with Crippen LogP contribution in [0.2, 0.25) is 0 Å². The van der Waals surface area contributed by atoms with Crippen molar-refractivity contribution in [3.8, 4) is 23.1 Å². The van der Waals surface area contributed by atoms with E-state index in [1.807, 2.05) is 37.3 Å². The minimum Gasteiger partial charge on any atom is -0.467 e. The standard InChI is InChI=1S/C25H29N5O3/c1-2-32-17-33-23-14-18(15-26)9-10-22(23)24-20-7-3-4-8-21(20)25(29-28-24)27-19-6-5-11-30(16-19)12-13-31/h3-4,7-10,14,19,31H,2,5-6,11-13,16-17H2,1H3,(H,27,29). The maximum Gasteiger partial charge on any atom is 0.189 e. The number of likely N-dealkylation sites (tertiary alicyclic amines) is 1. The van der Waals surface area contributed by atoms with E-state index in [-0.39, 0.29) is 19.4 Å². The summed E-state index contributed by atoms with van der Waals surface area (Å²) in [4.78, 5) is 2.27. The fourth-order valence-corrected chi connectivity index (χ4v) is 4.22. The van der Waals surface area contributed by atoms with Gasteiger partial charge in [0.15, 0.2) is 12.6 Å². The summed E-state index contributed by atoms with van der Waals surface area (Å²) < 4.78 is 11.2. The average molecular weight is 448 g/mol. The molecule has 2 N–H and O–H groups in total. The molecule has 0 aliphatic carbocycles. The number of nitrogens with one attached hydrogen (secondary N) is 1. The lowest BCUT2D eigenvalue weighted by Crippen LogP contribution is -2.43. The van der Waals surface area contributed by atoms with Gasteiger partial charge in [-0.2, -0.15) is 5.26 Å². The number of aliphatic hydroxyl groups excluding tert-OH is 1. The highest BCUT2D eigenvalue weighted by Crippen LogP contribution is 2.36. The summed E-state index contributed by atoms with van der Waals surface area (Å²) >= 11 is 0. The van der Waals surface area contributed by atoms with Crippen molar-refractivity contribution in [2.45, 2.75) is 25.8 Å². The van der Waals surface area contributed by atoms with E-state index in [0.29, 0.717) is 30.2 Å². The highest BCUT2D eigenvalue weighted by atomic mass is 16.7. The van der Waals surface area contributed by atoms with Crippen molar-refractivity contribution in [1.29, 1.82) is 5.26 Å². The Morgan fingerprint density at radius 1 is 1.21 bits per heavy atom. The predicted octanol–water partition coefficient (Wildman–Crippen LogP) is 3.41. The Kier molecular flexibility index (Phi) is 7.68. The van der Waals surface area contributed by atoms with E-state index < -0.39 is 0 Å². The number of nitrogens with zero attached hydrogens (tertiary/aromatic N) is 4. The highest BCUT2D eigenvalue weighted by Gasteiger charge is 2.22. The molecule has 2 heterocycles. The van der Waals surface area contributed by atoms with Gasteiger partial charge in [-0.25, -0.2) is 0 Å². The fraction of sp³-hybridized carbons (Fsp3) is 0.400. The molecule has 4 rings (SSSR count). The van der Waals surface area contributed by atoms with Crippen molar-refractivity contribution in [1.82, 2.24) is 15.1 Å². The summed E-state index contributed by atoms with van der Waals surface area (Å²) in [5.74, 6) is 1.28. The van der Waals surface area contributed by atoms with Gasteiger partial charge in [0.05, 0.1) is 18.2 Å². The van der Waals surface area contributed by atoms with Crippen molar-refractivity contribution in [2.75, 3.05) is 45.0 Å². The van der Waals surface area contributed by atoms with Crippen LogP contribution in [-0.4, -0.2) is 65.9 Å². The molecule has 0 bridgehead atoms. The van der Waals surface area contributed by atoms with Crippen molar-refractivity contribution in [2.24, 2.45) is 0 Å². The topological polar surface area (TPSA) is 104 Å². The number of aromatic nitrogens is 2. The van der Waals surface area contributed by atoms with Crippen LogP contribution in [0.25, 0.3) is 22.0 Å². The van der Waals surface area contributed by atoms with Gasteiger partial charge < -0.3 is 19.9 Å². The molecule has 0 saturated carbocycles. The first kappa shape index (κ1) is 22.9. The van der Waals surface area contributed by atoms with Gasteiger partial charge in [-0.1, -0.05) is 24.3 Å². The Labute approximate surface area is 193 Å². The molecule has 1 aliphatic rings. The molecule has 1 unspecified atom stereocenters. The first-order valence-corrected chi connectivity index (χ1v) is 11.3. The molecule has 1 fully saturated rings. The Hall–Kier alpha value is -3.25. The predicted molar refractivity (Wildman–Crippen MR) is 127 cm³/mol. The lowest BCUT2D eigenvalue weighted by molar-refractivity contribution is 0.0227. The fourth-order valence-electron chi connectivity index (χ4n) is 4.22. The zero-order valence-electron chi connectivity index (χ0n) is 18.8. The Bertz CT molecular complexity index is 1130. The van der Waals surface area contributed by atoms with Crippen LogP contribution in [0.3, 0.4) is 0 Å². The van der Waals surface area contributed by atoms with Crippen LogP contribution in [0, 0.1) is 11.3 Å². The minimum absolute atomic E-state index is 0.0927. The number of fused-ring (bicyclic) bond motifs is 1. The van der Waals surface area contributed by atoms with Crippen LogP contribution < -0.4 is 10.1 Å². The summed E-state index contributed by atoms with van der Waals surface area (Å²) in [7, 11) is 0. The SMILES string of the molecule is CCOCOc1cc(C#N)ccc1-c1nnc(NC2CCCN(CCO)C2)c2ccccc12. The second-order valence-corrected chi connectivity index (χ2v) is 8.03. The van der Waals surface area contributed by atoms with Crippen LogP contribution in [0.5, 0.6) is 5.75 Å². The smallest absolute Gasteiger partial charge is 0.189 e. The molecular weight excluding hydrogens is 418 g/mol. The van der Waals surface area contributed by atoms with Crippen LogP contribution in [0.1, 0.15) is 25.3 Å². The van der Waals surface area contributed by atoms with E-state index in [1.54, 1.807) is 12.1 Å². The number of ether oxygens (including phenoxy) is 2. The number of hydrogen-bond donors (Lipinski definition) is 2. The van der Waals surface area contributed by atoms with Gasteiger partial charge in [-0.15, -0.1) is 10.2 Å². The zero-order chi connectivity index (χ0) is 23.0. The number of benzene rings is 2. The van der Waals surface area contributed by atoms with Gasteiger partial charge in [0, 0.05) is 42.1 Å². The number of nitriles is 1. The lowest BCUT2D eigenvalue weighted by atomic mass is 10.0. The van der Waals surface area contributed by atoms with E-state index in [4.69, 9.17) is 9.47 Å². The summed E-state index contributed by atoms with van der Waals surface area (Å²) in [6, 6.07) is 15.7. The van der Waals surface area contributed by atoms with E-state index in [0.717, 1.165) is 48.1 Å². The van der Waals surface area contributed by atoms with Crippen molar-refractivity contribution in [3.05, 3.63) is 48.0 Å². The van der Waals surface area contributed by atoms with Crippen molar-refractivity contribution < 1.29 is 14.6 Å². The molecule has 1 aliphatic heterocycles. The summed E-state index contributed by atoms with van der Waals surface area (Å²) in [6.07, 6.45) is 2.12. The van der Waals surface area contributed by atoms with Crippen molar-refractivity contribution in [3.63, 3.8) is 0 Å². The van der Waals surface area contributed by atoms with E-state index in [9.17, 15) is 10.4 Å². The van der Waals surface area contributed by atoms with Gasteiger partial charge in [0.1, 0.15) is 11.4 Å². The molecule has 0 amide bonds. The molecular formula is C25H29N5O3. The van der Waals surface area contributed by atoms with Crippen LogP contribution in [-0.2, 0) is 4.74 Å². The number of aliphatic hydroxyl groups is 1. The number of piperidine rings is 1. The molecule has 2 aromatic carbocycles. The maximum absolute atomic E-state index is 9.32. The molecule has 1 atom stereocenters. The molecule has 1 saturated heterocycles. The van der Waals surface area contributed by atoms with Gasteiger partial charge in [-0.05, 0) is 44.5 Å². The second kappa shape index (κ2) is 11.1. The van der Waals surface area contributed by atoms with Crippen LogP contribution in [0.4, 0.5) is 5.82 Å². The van der Waals surface area contributed by atoms with Gasteiger partial charge in [0.2, 0.25) is 0 Å². The quantitative estimate of drug-likeness (QED) is 0.380. The molecule has 0 spiro atoms. The van der Waals surface area contributed by atoms with Gasteiger partial charge >= 0.3 is 0 Å². The molecule has 172 valence electrons. The second-order valence-electron chi connectivity index (χ2n) is 8.03. The highest BCUT2D eigenvalue weighted by molar-refractivity contribution is 6.01. The molecule has 0 radical (unpaired) electrons. The molecule has 33 heavy (non-hydrogen) atoms. The summed E-state index contributed by atoms with van der Waals surface area (Å²) in [6.45, 7) is 5.25. The number of anilines is 1. The first-order chi connectivity index (χ1) is 16.2. The monoisotopic (exact) mass is 447 g/mol. The van der Waals surface area contributed by atoms with Crippen molar-refractivity contribution >= 4 is 16.6 Å². The third-order valence-electron chi connectivity index (χ3n) is 5.82. The maximum atomic E-state index is 9.32. The Morgan fingerprint density at radius 2 is 2.06 bits per heavy atom. The number of hydrogen-bond acceptors (Lipinski definition) is 8. The van der Waals surface area contributed by atoms with Crippen LogP contribution >= 0.6 is 0 Å². The minimum atomic E-state index is 0.0927. The van der Waals surface area contributed by atoms with Crippen LogP contribution in [0.15, 0.2) is 42.5 Å². The molecule has 8 nitrogen and oxygen atoms in total. The Balaban J connectivity index is 1.68. The van der Waals surface area contributed by atoms with Gasteiger partial charge in [-0.3, -0.25) is 4.90 Å². The third kappa shape index (κ3) is 5.40. The largest absolute Gasteiger partial charge is 0.467 e. The third-order valence-corrected chi connectivity index (χ3v) is 5.82. The molecule has 3 aromatic rings. The van der Waals surface area contributed by atoms with E-state index in [1.165, 1.54) is 0 Å². The normalized spacial score (nSPS) is 16.5. The zero-order valence-corrected chi connectivity index (χ0v) is 18.8. The van der Waals surface area contributed by atoms with E-state index >= 15 is 0 Å². The van der Waals surface area contributed by atoms with E-state index in [2.05, 4.69) is 26.5 Å². The first-order valence-electron chi connectivity index (χ1n) is 11.3. The number of rotatable bonds is 9. The van der Waals surface area contributed by atoms with Gasteiger partial charge in [0.25, 0.3) is 0 Å². The molecule has 1 aromatic heterocycles.